The van der Waals surface area contributed by atoms with Crippen LogP contribution in [0.1, 0.15) is 30.6 Å². The van der Waals surface area contributed by atoms with Crippen LogP contribution >= 0.6 is 11.6 Å². The molecule has 2 aromatic rings. The summed E-state index contributed by atoms with van der Waals surface area (Å²) in [5.74, 6) is -0.388. The molecule has 0 bridgehead atoms. The summed E-state index contributed by atoms with van der Waals surface area (Å²) in [6.07, 6.45) is 4.92. The van der Waals surface area contributed by atoms with Crippen molar-refractivity contribution in [2.45, 2.75) is 25.8 Å². The quantitative estimate of drug-likeness (QED) is 0.885. The molecule has 0 amide bonds. The Morgan fingerprint density at radius 3 is 2.85 bits per heavy atom. The van der Waals surface area contributed by atoms with Crippen molar-refractivity contribution in [3.8, 4) is 0 Å². The highest BCUT2D eigenvalue weighted by Gasteiger charge is 2.13. The number of hydrogen-bond acceptors (Lipinski definition) is 3. The third kappa shape index (κ3) is 3.99. The van der Waals surface area contributed by atoms with Crippen LogP contribution in [0.3, 0.4) is 0 Å². The van der Waals surface area contributed by atoms with Gasteiger partial charge in [0, 0.05) is 6.20 Å². The molecule has 1 aromatic carbocycles. The van der Waals surface area contributed by atoms with Gasteiger partial charge in [-0.05, 0) is 43.1 Å². The van der Waals surface area contributed by atoms with Crippen molar-refractivity contribution in [1.82, 2.24) is 15.3 Å². The third-order valence-electron chi connectivity index (χ3n) is 3.03. The minimum absolute atomic E-state index is 0.0403. The van der Waals surface area contributed by atoms with Crippen molar-refractivity contribution >= 4 is 11.6 Å². The van der Waals surface area contributed by atoms with Crippen molar-refractivity contribution in [2.75, 3.05) is 6.54 Å². The number of nitrogens with one attached hydrogen (secondary N) is 1. The van der Waals surface area contributed by atoms with Crippen LogP contribution in [0.15, 0.2) is 36.8 Å². The fourth-order valence-corrected chi connectivity index (χ4v) is 2.13. The predicted molar refractivity (Wildman–Crippen MR) is 78.2 cm³/mol. The Hall–Kier alpha value is -1.52. The summed E-state index contributed by atoms with van der Waals surface area (Å²) in [6.45, 7) is 2.98. The standard InChI is InChI=1S/C15H17ClFN3/c1-2-6-19-15(14-5-7-18-10-20-14)9-11-3-4-12(16)13(17)8-11/h3-5,7-8,10,15,19H,2,6,9H2,1H3. The largest absolute Gasteiger partial charge is 0.308 e. The zero-order valence-electron chi connectivity index (χ0n) is 11.3. The molecule has 1 aromatic heterocycles. The number of rotatable bonds is 6. The minimum Gasteiger partial charge on any atom is -0.308 e. The molecule has 1 unspecified atom stereocenters. The number of nitrogens with zero attached hydrogens (tertiary/aromatic N) is 2. The fraction of sp³-hybridized carbons (Fsp3) is 0.333. The highest BCUT2D eigenvalue weighted by molar-refractivity contribution is 6.30. The van der Waals surface area contributed by atoms with Crippen LogP contribution < -0.4 is 5.32 Å². The average Bonchev–Trinajstić information content (AvgIpc) is 2.48. The fourth-order valence-electron chi connectivity index (χ4n) is 2.01. The second-order valence-corrected chi connectivity index (χ2v) is 5.00. The summed E-state index contributed by atoms with van der Waals surface area (Å²) in [6, 6.07) is 6.82. The minimum atomic E-state index is -0.388. The normalized spacial score (nSPS) is 12.3. The first-order valence-corrected chi connectivity index (χ1v) is 7.01. The molecule has 0 saturated heterocycles. The van der Waals surface area contributed by atoms with Gasteiger partial charge >= 0.3 is 0 Å². The lowest BCUT2D eigenvalue weighted by atomic mass is 10.0. The second kappa shape index (κ2) is 7.31. The molecule has 0 radical (unpaired) electrons. The van der Waals surface area contributed by atoms with Gasteiger partial charge in [0.05, 0.1) is 16.8 Å². The Bertz CT molecular complexity index is 548. The van der Waals surface area contributed by atoms with Crippen molar-refractivity contribution < 1.29 is 4.39 Å². The van der Waals surface area contributed by atoms with Gasteiger partial charge in [-0.25, -0.2) is 14.4 Å². The molecule has 5 heteroatoms. The first-order chi connectivity index (χ1) is 9.70. The zero-order valence-corrected chi connectivity index (χ0v) is 12.1. The number of halogens is 2. The average molecular weight is 294 g/mol. The number of hydrogen-bond donors (Lipinski definition) is 1. The Labute approximate surface area is 123 Å². The first-order valence-electron chi connectivity index (χ1n) is 6.64. The summed E-state index contributed by atoms with van der Waals surface area (Å²) < 4.78 is 13.5. The molecular weight excluding hydrogens is 277 g/mol. The molecule has 1 N–H and O–H groups in total. The van der Waals surface area contributed by atoms with Gasteiger partial charge < -0.3 is 5.32 Å². The van der Waals surface area contributed by atoms with Gasteiger partial charge in [0.2, 0.25) is 0 Å². The topological polar surface area (TPSA) is 37.8 Å². The van der Waals surface area contributed by atoms with Gasteiger partial charge in [-0.3, -0.25) is 0 Å². The van der Waals surface area contributed by atoms with Crippen LogP contribution in [0, 0.1) is 5.82 Å². The molecule has 106 valence electrons. The van der Waals surface area contributed by atoms with Crippen LogP contribution in [0.5, 0.6) is 0 Å². The van der Waals surface area contributed by atoms with E-state index >= 15 is 0 Å². The summed E-state index contributed by atoms with van der Waals surface area (Å²) in [7, 11) is 0. The van der Waals surface area contributed by atoms with Crippen LogP contribution in [-0.2, 0) is 6.42 Å². The van der Waals surface area contributed by atoms with Gasteiger partial charge in [0.25, 0.3) is 0 Å². The van der Waals surface area contributed by atoms with Crippen molar-refractivity contribution in [3.63, 3.8) is 0 Å². The van der Waals surface area contributed by atoms with Gasteiger partial charge in [-0.1, -0.05) is 24.6 Å². The molecule has 2 rings (SSSR count). The maximum Gasteiger partial charge on any atom is 0.142 e. The molecule has 20 heavy (non-hydrogen) atoms. The summed E-state index contributed by atoms with van der Waals surface area (Å²) in [5, 5.41) is 3.57. The zero-order chi connectivity index (χ0) is 14.4. The van der Waals surface area contributed by atoms with E-state index in [0.717, 1.165) is 24.2 Å². The first kappa shape index (κ1) is 14.9. The summed E-state index contributed by atoms with van der Waals surface area (Å²) in [5.41, 5.74) is 1.79. The Kier molecular flexibility index (Phi) is 5.44. The molecule has 0 fully saturated rings. The lowest BCUT2D eigenvalue weighted by molar-refractivity contribution is 0.515. The smallest absolute Gasteiger partial charge is 0.142 e. The van der Waals surface area contributed by atoms with E-state index in [4.69, 9.17) is 11.6 Å². The molecule has 3 nitrogen and oxygen atoms in total. The van der Waals surface area contributed by atoms with Crippen molar-refractivity contribution in [3.05, 3.63) is 58.9 Å². The van der Waals surface area contributed by atoms with Crippen LogP contribution in [0.4, 0.5) is 4.39 Å². The van der Waals surface area contributed by atoms with Crippen molar-refractivity contribution in [1.29, 1.82) is 0 Å². The molecule has 1 atom stereocenters. The van der Waals surface area contributed by atoms with Gasteiger partial charge in [-0.2, -0.15) is 0 Å². The van der Waals surface area contributed by atoms with E-state index < -0.39 is 0 Å². The molecule has 0 saturated carbocycles. The highest BCUT2D eigenvalue weighted by atomic mass is 35.5. The van der Waals surface area contributed by atoms with Crippen LogP contribution in [-0.4, -0.2) is 16.5 Å². The summed E-state index contributed by atoms with van der Waals surface area (Å²) in [4.78, 5) is 8.20. The van der Waals surface area contributed by atoms with Crippen LogP contribution in [0.2, 0.25) is 5.02 Å². The van der Waals surface area contributed by atoms with E-state index in [-0.39, 0.29) is 16.9 Å². The van der Waals surface area contributed by atoms with Gasteiger partial charge in [0.1, 0.15) is 12.1 Å². The maximum atomic E-state index is 13.5. The second-order valence-electron chi connectivity index (χ2n) is 4.59. The summed E-state index contributed by atoms with van der Waals surface area (Å²) >= 11 is 5.71. The van der Waals surface area contributed by atoms with E-state index in [1.165, 1.54) is 12.4 Å². The van der Waals surface area contributed by atoms with E-state index in [0.29, 0.717) is 6.42 Å². The lowest BCUT2D eigenvalue weighted by Crippen LogP contribution is -2.25. The Morgan fingerprint density at radius 1 is 1.35 bits per heavy atom. The molecule has 0 spiro atoms. The van der Waals surface area contributed by atoms with E-state index in [1.807, 2.05) is 12.1 Å². The predicted octanol–water partition coefficient (Wildman–Crippen LogP) is 3.55. The monoisotopic (exact) mass is 293 g/mol. The Morgan fingerprint density at radius 2 is 2.20 bits per heavy atom. The van der Waals surface area contributed by atoms with Gasteiger partial charge in [-0.15, -0.1) is 0 Å². The number of aromatic nitrogens is 2. The third-order valence-corrected chi connectivity index (χ3v) is 3.33. The van der Waals surface area contributed by atoms with Crippen LogP contribution in [0.25, 0.3) is 0 Å². The van der Waals surface area contributed by atoms with E-state index in [9.17, 15) is 4.39 Å². The maximum absolute atomic E-state index is 13.5. The lowest BCUT2D eigenvalue weighted by Gasteiger charge is -2.18. The highest BCUT2D eigenvalue weighted by Crippen LogP contribution is 2.20. The molecule has 1 heterocycles. The number of benzene rings is 1. The van der Waals surface area contributed by atoms with E-state index in [1.54, 1.807) is 12.3 Å². The SMILES string of the molecule is CCCNC(Cc1ccc(Cl)c(F)c1)c1ccncn1. The molecule has 0 aliphatic carbocycles. The van der Waals surface area contributed by atoms with Crippen molar-refractivity contribution in [2.24, 2.45) is 0 Å². The molecule has 0 aliphatic heterocycles. The molecule has 0 aliphatic rings. The van der Waals surface area contributed by atoms with Gasteiger partial charge in [0.15, 0.2) is 0 Å². The van der Waals surface area contributed by atoms with E-state index in [2.05, 4.69) is 22.2 Å². The molecular formula is C15H17ClFN3. The Balaban J connectivity index is 2.17.